The topological polar surface area (TPSA) is 70.2 Å². The molecule has 1 saturated heterocycles. The van der Waals surface area contributed by atoms with Gasteiger partial charge in [-0.3, -0.25) is 10.2 Å². The fraction of sp³-hybridized carbons (Fsp3) is 0.455. The minimum absolute atomic E-state index is 0.0540. The Hall–Kier alpha value is -1.58. The largest absolute Gasteiger partial charge is 0.385 e. The fourth-order valence-electron chi connectivity index (χ4n) is 2.22. The van der Waals surface area contributed by atoms with E-state index in [-0.39, 0.29) is 11.7 Å². The summed E-state index contributed by atoms with van der Waals surface area (Å²) in [6, 6.07) is 0. The number of carbonyl (C=O) groups is 1. The molecule has 0 radical (unpaired) electrons. The van der Waals surface area contributed by atoms with Gasteiger partial charge in [-0.15, -0.1) is 0 Å². The van der Waals surface area contributed by atoms with Gasteiger partial charge in [0, 0.05) is 13.0 Å². The fourth-order valence-corrected chi connectivity index (χ4v) is 2.22. The minimum atomic E-state index is -0.692. The smallest absolute Gasteiger partial charge is 0.223 e. The zero-order valence-corrected chi connectivity index (χ0v) is 8.57. The van der Waals surface area contributed by atoms with Gasteiger partial charge in [-0.05, 0) is 12.8 Å². The lowest BCUT2D eigenvalue weighted by Gasteiger charge is -2.39. The first-order chi connectivity index (χ1) is 7.17. The van der Waals surface area contributed by atoms with E-state index >= 15 is 0 Å². The molecule has 2 aliphatic rings. The Kier molecular flexibility index (Phi) is 2.34. The average molecular weight is 205 g/mol. The summed E-state index contributed by atoms with van der Waals surface area (Å²) in [5.74, 6) is 0.156. The molecule has 1 aliphatic heterocycles. The number of amides is 1. The van der Waals surface area contributed by atoms with E-state index in [2.05, 4.69) is 0 Å². The van der Waals surface area contributed by atoms with Crippen LogP contribution in [-0.4, -0.2) is 28.7 Å². The monoisotopic (exact) mass is 205 g/mol. The average Bonchev–Trinajstić information content (AvgIpc) is 2.66. The maximum absolute atomic E-state index is 11.7. The normalized spacial score (nSPS) is 29.9. The summed E-state index contributed by atoms with van der Waals surface area (Å²) in [6.07, 6.45) is 9.65. The summed E-state index contributed by atoms with van der Waals surface area (Å²) in [4.78, 5) is 13.4. The van der Waals surface area contributed by atoms with Crippen molar-refractivity contribution in [3.8, 4) is 0 Å². The van der Waals surface area contributed by atoms with E-state index in [1.165, 1.54) is 0 Å². The second kappa shape index (κ2) is 3.53. The highest BCUT2D eigenvalue weighted by atomic mass is 16.2. The molecule has 0 aromatic heterocycles. The summed E-state index contributed by atoms with van der Waals surface area (Å²) < 4.78 is 0. The van der Waals surface area contributed by atoms with Gasteiger partial charge in [0.2, 0.25) is 5.91 Å². The molecule has 1 unspecified atom stereocenters. The van der Waals surface area contributed by atoms with E-state index in [1.807, 2.05) is 24.3 Å². The van der Waals surface area contributed by atoms with Crippen molar-refractivity contribution in [2.24, 2.45) is 5.73 Å². The standard InChI is InChI=1S/C11H15N3O/c12-10(13)11(6-2-1-3-7-11)14-8-4-5-9(14)15/h1-3,6H,4-5,7-8H2,(H3,12,13). The van der Waals surface area contributed by atoms with Crippen LogP contribution in [-0.2, 0) is 4.79 Å². The van der Waals surface area contributed by atoms with Gasteiger partial charge >= 0.3 is 0 Å². The first kappa shape index (κ1) is 9.96. The van der Waals surface area contributed by atoms with Crippen molar-refractivity contribution >= 4 is 11.7 Å². The van der Waals surface area contributed by atoms with Crippen LogP contribution in [0.25, 0.3) is 0 Å². The van der Waals surface area contributed by atoms with Crippen LogP contribution in [0, 0.1) is 5.41 Å². The molecule has 0 aromatic carbocycles. The Morgan fingerprint density at radius 2 is 2.33 bits per heavy atom. The lowest BCUT2D eigenvalue weighted by molar-refractivity contribution is -0.130. The Morgan fingerprint density at radius 3 is 2.80 bits per heavy atom. The lowest BCUT2D eigenvalue weighted by atomic mass is 9.88. The van der Waals surface area contributed by atoms with Crippen LogP contribution in [0.5, 0.6) is 0 Å². The second-order valence-electron chi connectivity index (χ2n) is 3.98. The van der Waals surface area contributed by atoms with Crippen molar-refractivity contribution in [1.29, 1.82) is 5.41 Å². The van der Waals surface area contributed by atoms with Gasteiger partial charge in [-0.25, -0.2) is 0 Å². The van der Waals surface area contributed by atoms with Crippen molar-refractivity contribution < 1.29 is 4.79 Å². The molecule has 80 valence electrons. The number of nitrogens with zero attached hydrogens (tertiary/aromatic N) is 1. The number of rotatable bonds is 2. The highest BCUT2D eigenvalue weighted by molar-refractivity contribution is 5.95. The molecular formula is C11H15N3O. The molecular weight excluding hydrogens is 190 g/mol. The Morgan fingerprint density at radius 1 is 1.53 bits per heavy atom. The van der Waals surface area contributed by atoms with Crippen molar-refractivity contribution in [3.05, 3.63) is 24.3 Å². The molecule has 2 rings (SSSR count). The number of hydrogen-bond donors (Lipinski definition) is 2. The van der Waals surface area contributed by atoms with Crippen LogP contribution in [0.2, 0.25) is 0 Å². The van der Waals surface area contributed by atoms with Crippen LogP contribution in [0.1, 0.15) is 19.3 Å². The van der Waals surface area contributed by atoms with E-state index in [9.17, 15) is 4.79 Å². The third kappa shape index (κ3) is 1.46. The first-order valence-corrected chi connectivity index (χ1v) is 5.16. The number of likely N-dealkylation sites (tertiary alicyclic amines) is 1. The summed E-state index contributed by atoms with van der Waals surface area (Å²) in [6.45, 7) is 0.705. The van der Waals surface area contributed by atoms with E-state index in [1.54, 1.807) is 4.90 Å². The van der Waals surface area contributed by atoms with Gasteiger partial charge in [-0.1, -0.05) is 24.3 Å². The van der Waals surface area contributed by atoms with Gasteiger partial charge in [0.15, 0.2) is 0 Å². The molecule has 1 heterocycles. The first-order valence-electron chi connectivity index (χ1n) is 5.16. The molecule has 1 amide bonds. The van der Waals surface area contributed by atoms with E-state index in [0.717, 1.165) is 6.42 Å². The molecule has 4 nitrogen and oxygen atoms in total. The van der Waals surface area contributed by atoms with E-state index in [0.29, 0.717) is 19.4 Å². The predicted octanol–water partition coefficient (Wildman–Crippen LogP) is 0.800. The summed E-state index contributed by atoms with van der Waals surface area (Å²) in [5.41, 5.74) is 4.96. The van der Waals surface area contributed by atoms with Crippen molar-refractivity contribution in [2.45, 2.75) is 24.8 Å². The SMILES string of the molecule is N=C(N)C1(N2CCCC2=O)C=CC=CC1. The van der Waals surface area contributed by atoms with E-state index < -0.39 is 5.54 Å². The molecule has 1 fully saturated rings. The van der Waals surface area contributed by atoms with Gasteiger partial charge in [-0.2, -0.15) is 0 Å². The van der Waals surface area contributed by atoms with Crippen LogP contribution in [0.15, 0.2) is 24.3 Å². The Balaban J connectivity index is 2.34. The van der Waals surface area contributed by atoms with Crippen molar-refractivity contribution in [3.63, 3.8) is 0 Å². The maximum atomic E-state index is 11.7. The Labute approximate surface area is 88.9 Å². The predicted molar refractivity (Wildman–Crippen MR) is 58.5 cm³/mol. The molecule has 0 aromatic rings. The van der Waals surface area contributed by atoms with Gasteiger partial charge in [0.1, 0.15) is 11.4 Å². The molecule has 0 saturated carbocycles. The molecule has 0 spiro atoms. The summed E-state index contributed by atoms with van der Waals surface area (Å²) >= 11 is 0. The molecule has 4 heteroatoms. The van der Waals surface area contributed by atoms with Gasteiger partial charge < -0.3 is 10.6 Å². The molecule has 1 aliphatic carbocycles. The number of carbonyl (C=O) groups excluding carboxylic acids is 1. The number of amidine groups is 1. The zero-order valence-electron chi connectivity index (χ0n) is 8.57. The number of allylic oxidation sites excluding steroid dienone is 2. The quantitative estimate of drug-likeness (QED) is 0.517. The van der Waals surface area contributed by atoms with Gasteiger partial charge in [0.05, 0.1) is 0 Å². The van der Waals surface area contributed by atoms with Crippen LogP contribution in [0.4, 0.5) is 0 Å². The molecule has 0 bridgehead atoms. The third-order valence-electron chi connectivity index (χ3n) is 3.07. The number of nitrogens with one attached hydrogen (secondary N) is 1. The summed E-state index contributed by atoms with van der Waals surface area (Å²) in [5, 5.41) is 7.69. The maximum Gasteiger partial charge on any atom is 0.223 e. The number of nitrogens with two attached hydrogens (primary N) is 1. The minimum Gasteiger partial charge on any atom is -0.385 e. The van der Waals surface area contributed by atoms with Gasteiger partial charge in [0.25, 0.3) is 0 Å². The zero-order chi connectivity index (χ0) is 10.9. The molecule has 15 heavy (non-hydrogen) atoms. The number of hydrogen-bond acceptors (Lipinski definition) is 2. The van der Waals surface area contributed by atoms with Crippen molar-refractivity contribution in [1.82, 2.24) is 4.90 Å². The van der Waals surface area contributed by atoms with Crippen LogP contribution in [0.3, 0.4) is 0 Å². The molecule has 3 N–H and O–H groups in total. The third-order valence-corrected chi connectivity index (χ3v) is 3.07. The van der Waals surface area contributed by atoms with Crippen molar-refractivity contribution in [2.75, 3.05) is 6.54 Å². The Bertz CT molecular complexity index is 359. The highest BCUT2D eigenvalue weighted by Crippen LogP contribution is 2.29. The van der Waals surface area contributed by atoms with Crippen LogP contribution >= 0.6 is 0 Å². The van der Waals surface area contributed by atoms with Crippen LogP contribution < -0.4 is 5.73 Å². The molecule has 1 atom stereocenters. The lowest BCUT2D eigenvalue weighted by Crippen LogP contribution is -2.56. The highest BCUT2D eigenvalue weighted by Gasteiger charge is 2.42. The van der Waals surface area contributed by atoms with E-state index in [4.69, 9.17) is 11.1 Å². The summed E-state index contributed by atoms with van der Waals surface area (Å²) in [7, 11) is 0. The second-order valence-corrected chi connectivity index (χ2v) is 3.98.